The molecule has 0 saturated heterocycles. The van der Waals surface area contributed by atoms with E-state index in [9.17, 15) is 0 Å². The number of hydrogen-bond acceptors (Lipinski definition) is 5. The fourth-order valence-corrected chi connectivity index (χ4v) is 0. The van der Waals surface area contributed by atoms with Crippen LogP contribution in [0.2, 0.25) is 0 Å². The largest absolute Gasteiger partial charge is 2.00 e. The predicted molar refractivity (Wildman–Crippen MR) is 26.6 cm³/mol. The van der Waals surface area contributed by atoms with Gasteiger partial charge in [0.1, 0.15) is 0 Å². The van der Waals surface area contributed by atoms with Crippen molar-refractivity contribution in [3.05, 3.63) is 0 Å². The molecule has 0 heterocycles. The smallest absolute Gasteiger partial charge is 0.832 e. The van der Waals surface area contributed by atoms with E-state index in [-0.39, 0.29) is 37.7 Å². The van der Waals surface area contributed by atoms with Crippen LogP contribution in [0.15, 0.2) is 0 Å². The molecule has 0 aromatic rings. The van der Waals surface area contributed by atoms with Gasteiger partial charge >= 0.3 is 45.1 Å². The minimum atomic E-state index is -2.42. The van der Waals surface area contributed by atoms with Crippen LogP contribution in [0.1, 0.15) is 6.92 Å². The Labute approximate surface area is 82.5 Å². The Bertz CT molecular complexity index is 59.2. The molecule has 9 heavy (non-hydrogen) atoms. The Morgan fingerprint density at radius 3 is 1.56 bits per heavy atom. The minimum absolute atomic E-state index is 0. The summed E-state index contributed by atoms with van der Waals surface area (Å²) in [6, 6.07) is 0. The molecule has 0 aliphatic rings. The van der Waals surface area contributed by atoms with Crippen LogP contribution >= 0.6 is 0 Å². The topological polar surface area (TPSA) is 104 Å². The van der Waals surface area contributed by atoms with Crippen LogP contribution < -0.4 is 10.1 Å². The summed E-state index contributed by atoms with van der Waals surface area (Å²) in [6.45, 7) is 0.972. The first-order chi connectivity index (χ1) is 3.46. The van der Waals surface area contributed by atoms with Gasteiger partial charge in [0.15, 0.2) is 0 Å². The first kappa shape index (κ1) is 16.3. The molecule has 0 amide bonds. The van der Waals surface area contributed by atoms with Gasteiger partial charge in [-0.2, -0.15) is 0 Å². The molecule has 0 bridgehead atoms. The molecule has 0 aliphatic heterocycles. The van der Waals surface area contributed by atoms with E-state index in [4.69, 9.17) is 25.0 Å². The summed E-state index contributed by atoms with van der Waals surface area (Å²) >= 11 is 0. The van der Waals surface area contributed by atoms with Gasteiger partial charge in [-0.05, 0) is 6.92 Å². The van der Waals surface area contributed by atoms with E-state index >= 15 is 0 Å². The van der Waals surface area contributed by atoms with Gasteiger partial charge in [0, 0.05) is 5.97 Å². The molecule has 7 heteroatoms. The van der Waals surface area contributed by atoms with Crippen molar-refractivity contribution in [3.8, 4) is 0 Å². The third-order valence-corrected chi connectivity index (χ3v) is 0. The van der Waals surface area contributed by atoms with E-state index < -0.39 is 13.3 Å². The second-order valence-electron chi connectivity index (χ2n) is 0.818. The summed E-state index contributed by atoms with van der Waals surface area (Å²) in [5, 5.41) is 31.6. The number of hydrogen-bond donors (Lipinski definition) is 2. The van der Waals surface area contributed by atoms with Crippen molar-refractivity contribution in [2.45, 2.75) is 6.92 Å². The number of carbonyl (C=O) groups is 1. The third-order valence-electron chi connectivity index (χ3n) is 0. The van der Waals surface area contributed by atoms with E-state index in [1.165, 1.54) is 0 Å². The third kappa shape index (κ3) is 849. The summed E-state index contributed by atoms with van der Waals surface area (Å²) in [6.07, 6.45) is 0. The van der Waals surface area contributed by atoms with Crippen LogP contribution in [0, 0.1) is 0 Å². The molecular weight excluding hydrogens is 155 g/mol. The van der Waals surface area contributed by atoms with Gasteiger partial charge in [0.2, 0.25) is 0 Å². The minimum Gasteiger partial charge on any atom is -0.832 e. The van der Waals surface area contributed by atoms with E-state index in [0.717, 1.165) is 6.92 Å². The van der Waals surface area contributed by atoms with Crippen molar-refractivity contribution in [2.24, 2.45) is 0 Å². The standard InChI is InChI=1S/C2H4O2.BH2O3.Ca/c1-2(3)4;2-1(3)4;/h1H3,(H,3,4);2-3H;/q;-1;+2/p-1. The van der Waals surface area contributed by atoms with Crippen LogP contribution in [0.25, 0.3) is 0 Å². The predicted octanol–water partition coefficient (Wildman–Crippen LogP) is -4.31. The van der Waals surface area contributed by atoms with E-state index in [1.807, 2.05) is 0 Å². The van der Waals surface area contributed by atoms with Crippen molar-refractivity contribution in [3.63, 3.8) is 0 Å². The average Bonchev–Trinajstić information content (AvgIpc) is 1.25. The Kier molecular flexibility index (Phi) is 20.8. The second kappa shape index (κ2) is 11.5. The van der Waals surface area contributed by atoms with Crippen molar-refractivity contribution in [1.29, 1.82) is 0 Å². The van der Waals surface area contributed by atoms with Crippen molar-refractivity contribution < 1.29 is 25.0 Å². The zero-order valence-corrected chi connectivity index (χ0v) is 7.11. The molecule has 5 nitrogen and oxygen atoms in total. The molecule has 0 aromatic heterocycles. The van der Waals surface area contributed by atoms with Crippen LogP contribution in [0.3, 0.4) is 0 Å². The molecular formula is C2H5BCaO5. The molecule has 0 spiro atoms. The summed E-state index contributed by atoms with van der Waals surface area (Å²) < 4.78 is 0. The molecule has 0 atom stereocenters. The van der Waals surface area contributed by atoms with Crippen LogP contribution in [0.4, 0.5) is 0 Å². The molecule has 0 fully saturated rings. The monoisotopic (exact) mass is 160 g/mol. The Morgan fingerprint density at radius 1 is 1.56 bits per heavy atom. The number of carboxylic acid groups (broad SMARTS) is 1. The maximum absolute atomic E-state index is 8.89. The second-order valence-corrected chi connectivity index (χ2v) is 0.818. The van der Waals surface area contributed by atoms with Gasteiger partial charge in [-0.3, -0.25) is 0 Å². The zero-order valence-electron chi connectivity index (χ0n) is 4.90. The van der Waals surface area contributed by atoms with E-state index in [1.54, 1.807) is 0 Å². The Balaban J connectivity index is -0.0000000720. The molecule has 0 radical (unpaired) electrons. The molecule has 2 N–H and O–H groups in total. The normalized spacial score (nSPS) is 5.78. The number of carbonyl (C=O) groups excluding carboxylic acids is 1. The number of aliphatic carboxylic acids is 1. The van der Waals surface area contributed by atoms with Crippen molar-refractivity contribution in [1.82, 2.24) is 0 Å². The fourth-order valence-electron chi connectivity index (χ4n) is 0. The zero-order chi connectivity index (χ0) is 7.15. The Hall–Kier alpha value is 0.675. The quantitative estimate of drug-likeness (QED) is 0.349. The van der Waals surface area contributed by atoms with Gasteiger partial charge < -0.3 is 25.0 Å². The van der Waals surface area contributed by atoms with E-state index in [2.05, 4.69) is 0 Å². The average molecular weight is 160 g/mol. The van der Waals surface area contributed by atoms with Crippen LogP contribution in [-0.2, 0) is 4.79 Å². The first-order valence-corrected chi connectivity index (χ1v) is 1.66. The van der Waals surface area contributed by atoms with Crippen molar-refractivity contribution in [2.75, 3.05) is 0 Å². The van der Waals surface area contributed by atoms with E-state index in [0.29, 0.717) is 0 Å². The maximum atomic E-state index is 8.89. The van der Waals surface area contributed by atoms with Gasteiger partial charge in [-0.15, -0.1) is 0 Å². The maximum Gasteiger partial charge on any atom is 2.00 e. The summed E-state index contributed by atoms with van der Waals surface area (Å²) in [5.74, 6) is -1.08. The van der Waals surface area contributed by atoms with Crippen LogP contribution in [-0.4, -0.2) is 61.1 Å². The fraction of sp³-hybridized carbons (Fsp3) is 0.500. The van der Waals surface area contributed by atoms with Gasteiger partial charge in [0.25, 0.3) is 0 Å². The summed E-state index contributed by atoms with van der Waals surface area (Å²) in [7, 11) is -2.42. The van der Waals surface area contributed by atoms with Gasteiger partial charge in [-0.1, -0.05) is 0 Å². The Morgan fingerprint density at radius 2 is 1.56 bits per heavy atom. The molecule has 0 rings (SSSR count). The summed E-state index contributed by atoms with van der Waals surface area (Å²) in [5.41, 5.74) is 0. The molecule has 0 aliphatic carbocycles. The molecule has 0 unspecified atom stereocenters. The van der Waals surface area contributed by atoms with Crippen LogP contribution in [0.5, 0.6) is 0 Å². The van der Waals surface area contributed by atoms with Crippen molar-refractivity contribution >= 4 is 51.0 Å². The van der Waals surface area contributed by atoms with Gasteiger partial charge in [-0.25, -0.2) is 0 Å². The van der Waals surface area contributed by atoms with Gasteiger partial charge in [0.05, 0.1) is 0 Å². The first-order valence-electron chi connectivity index (χ1n) is 1.66. The number of carboxylic acids is 1. The SMILES string of the molecule is CC(=O)[O-].[Ca+2].[O-]B(O)O. The molecule has 48 valence electrons. The number of rotatable bonds is 0. The molecule has 0 aromatic carbocycles. The summed E-state index contributed by atoms with van der Waals surface area (Å²) in [4.78, 5) is 8.89. The molecule has 0 saturated carbocycles.